The van der Waals surface area contributed by atoms with Crippen LogP contribution < -0.4 is 4.90 Å². The second-order valence-corrected chi connectivity index (χ2v) is 6.01. The molecule has 7 nitrogen and oxygen atoms in total. The monoisotopic (exact) mass is 341 g/mol. The Bertz CT molecular complexity index is 751. The number of hydrogen-bond acceptors (Lipinski definition) is 6. The van der Waals surface area contributed by atoms with Crippen molar-refractivity contribution in [2.24, 2.45) is 5.92 Å². The molecule has 0 saturated carbocycles. The van der Waals surface area contributed by atoms with Crippen LogP contribution in [-0.2, 0) is 16.1 Å². The predicted molar refractivity (Wildman–Crippen MR) is 92.1 cm³/mol. The van der Waals surface area contributed by atoms with E-state index in [2.05, 4.69) is 9.88 Å². The molecular weight excluding hydrogens is 322 g/mol. The van der Waals surface area contributed by atoms with Gasteiger partial charge in [0.2, 0.25) is 0 Å². The molecule has 25 heavy (non-hydrogen) atoms. The number of hydrogen-bond donors (Lipinski definition) is 0. The minimum Gasteiger partial charge on any atom is -0.461 e. The van der Waals surface area contributed by atoms with E-state index >= 15 is 0 Å². The summed E-state index contributed by atoms with van der Waals surface area (Å²) >= 11 is 0. The fourth-order valence-electron chi connectivity index (χ4n) is 2.95. The van der Waals surface area contributed by atoms with Crippen LogP contribution in [0.4, 0.5) is 11.5 Å². The van der Waals surface area contributed by atoms with Gasteiger partial charge in [0.15, 0.2) is 0 Å². The molecule has 1 fully saturated rings. The van der Waals surface area contributed by atoms with Crippen LogP contribution in [0, 0.1) is 16.0 Å². The van der Waals surface area contributed by atoms with Crippen LogP contribution in [0.3, 0.4) is 0 Å². The number of rotatable bonds is 5. The maximum Gasteiger partial charge on any atom is 0.311 e. The predicted octanol–water partition coefficient (Wildman–Crippen LogP) is 2.95. The maximum absolute atomic E-state index is 12.4. The van der Waals surface area contributed by atoms with Crippen molar-refractivity contribution in [1.82, 2.24) is 4.98 Å². The third kappa shape index (κ3) is 4.32. The number of esters is 1. The number of aromatic nitrogens is 1. The second kappa shape index (κ2) is 7.74. The summed E-state index contributed by atoms with van der Waals surface area (Å²) in [5.41, 5.74) is 0.604. The smallest absolute Gasteiger partial charge is 0.311 e. The Morgan fingerprint density at radius 2 is 2.20 bits per heavy atom. The average Bonchev–Trinajstić information content (AvgIpc) is 2.67. The summed E-state index contributed by atoms with van der Waals surface area (Å²) in [5.74, 6) is 0.375. The van der Waals surface area contributed by atoms with Gasteiger partial charge in [0.1, 0.15) is 12.4 Å². The summed E-state index contributed by atoms with van der Waals surface area (Å²) in [5, 5.41) is 10.8. The van der Waals surface area contributed by atoms with Crippen LogP contribution in [0.25, 0.3) is 0 Å². The number of carbonyl (C=O) groups excluding carboxylic acids is 1. The van der Waals surface area contributed by atoms with E-state index in [-0.39, 0.29) is 24.2 Å². The lowest BCUT2D eigenvalue weighted by atomic mass is 9.98. The molecule has 1 aliphatic heterocycles. The van der Waals surface area contributed by atoms with Gasteiger partial charge in [-0.05, 0) is 30.5 Å². The van der Waals surface area contributed by atoms with Gasteiger partial charge in [-0.25, -0.2) is 4.98 Å². The number of non-ortho nitro benzene ring substituents is 1. The van der Waals surface area contributed by atoms with E-state index in [1.165, 1.54) is 12.1 Å². The normalized spacial score (nSPS) is 17.1. The summed E-state index contributed by atoms with van der Waals surface area (Å²) in [6, 6.07) is 11.8. The van der Waals surface area contributed by atoms with E-state index in [0.29, 0.717) is 12.1 Å². The first kappa shape index (κ1) is 16.9. The Hall–Kier alpha value is -2.96. The van der Waals surface area contributed by atoms with Gasteiger partial charge in [-0.1, -0.05) is 18.2 Å². The lowest BCUT2D eigenvalue weighted by Crippen LogP contribution is -2.39. The standard InChI is InChI=1S/C18H19N3O4/c22-18(25-13-14-5-3-7-16(11-14)21(23)24)15-6-4-10-20(12-15)17-8-1-2-9-19-17/h1-3,5,7-9,11,15H,4,6,10,12-13H2. The van der Waals surface area contributed by atoms with Crippen LogP contribution in [0.2, 0.25) is 0 Å². The van der Waals surface area contributed by atoms with E-state index in [1.54, 1.807) is 18.3 Å². The third-order valence-corrected chi connectivity index (χ3v) is 4.23. The van der Waals surface area contributed by atoms with Crippen molar-refractivity contribution < 1.29 is 14.5 Å². The molecule has 0 radical (unpaired) electrons. The number of carbonyl (C=O) groups is 1. The number of nitro benzene ring substituents is 1. The van der Waals surface area contributed by atoms with Crippen LogP contribution in [0.5, 0.6) is 0 Å². The van der Waals surface area contributed by atoms with E-state index in [1.807, 2.05) is 18.2 Å². The molecule has 0 amide bonds. The molecule has 1 aromatic heterocycles. The average molecular weight is 341 g/mol. The maximum atomic E-state index is 12.4. The van der Waals surface area contributed by atoms with Gasteiger partial charge in [-0.15, -0.1) is 0 Å². The fraction of sp³-hybridized carbons (Fsp3) is 0.333. The van der Waals surface area contributed by atoms with E-state index < -0.39 is 4.92 Å². The molecular formula is C18H19N3O4. The van der Waals surface area contributed by atoms with Gasteiger partial charge in [0.25, 0.3) is 5.69 Å². The molecule has 1 aromatic carbocycles. The van der Waals surface area contributed by atoms with E-state index in [0.717, 1.165) is 25.2 Å². The summed E-state index contributed by atoms with van der Waals surface area (Å²) < 4.78 is 5.38. The molecule has 0 N–H and O–H groups in total. The quantitative estimate of drug-likeness (QED) is 0.472. The number of anilines is 1. The summed E-state index contributed by atoms with van der Waals surface area (Å²) in [6.07, 6.45) is 3.41. The summed E-state index contributed by atoms with van der Waals surface area (Å²) in [7, 11) is 0. The van der Waals surface area contributed by atoms with Gasteiger partial charge in [-0.3, -0.25) is 14.9 Å². The van der Waals surface area contributed by atoms with Gasteiger partial charge in [-0.2, -0.15) is 0 Å². The van der Waals surface area contributed by atoms with Gasteiger partial charge in [0, 0.05) is 31.4 Å². The third-order valence-electron chi connectivity index (χ3n) is 4.23. The van der Waals surface area contributed by atoms with Crippen LogP contribution in [-0.4, -0.2) is 29.0 Å². The molecule has 0 aliphatic carbocycles. The van der Waals surface area contributed by atoms with E-state index in [9.17, 15) is 14.9 Å². The molecule has 2 aromatic rings. The molecule has 3 rings (SSSR count). The zero-order chi connectivity index (χ0) is 17.6. The Labute approximate surface area is 145 Å². The van der Waals surface area contributed by atoms with Crippen LogP contribution in [0.15, 0.2) is 48.7 Å². The zero-order valence-corrected chi connectivity index (χ0v) is 13.7. The Balaban J connectivity index is 1.58. The largest absolute Gasteiger partial charge is 0.461 e. The highest BCUT2D eigenvalue weighted by atomic mass is 16.6. The number of ether oxygens (including phenoxy) is 1. The molecule has 1 saturated heterocycles. The second-order valence-electron chi connectivity index (χ2n) is 6.01. The van der Waals surface area contributed by atoms with E-state index in [4.69, 9.17) is 4.74 Å². The highest BCUT2D eigenvalue weighted by molar-refractivity contribution is 5.73. The Morgan fingerprint density at radius 1 is 1.32 bits per heavy atom. The van der Waals surface area contributed by atoms with Crippen molar-refractivity contribution in [2.75, 3.05) is 18.0 Å². The van der Waals surface area contributed by atoms with Gasteiger partial charge < -0.3 is 9.64 Å². The first-order chi connectivity index (χ1) is 12.1. The summed E-state index contributed by atoms with van der Waals surface area (Å²) in [6.45, 7) is 1.48. The van der Waals surface area contributed by atoms with Crippen LogP contribution in [0.1, 0.15) is 18.4 Å². The van der Waals surface area contributed by atoms with Crippen molar-refractivity contribution in [3.63, 3.8) is 0 Å². The molecule has 7 heteroatoms. The Kier molecular flexibility index (Phi) is 5.23. The van der Waals surface area contributed by atoms with Crippen LogP contribution >= 0.6 is 0 Å². The number of piperidine rings is 1. The molecule has 2 heterocycles. The van der Waals surface area contributed by atoms with Crippen molar-refractivity contribution in [2.45, 2.75) is 19.4 Å². The molecule has 1 unspecified atom stereocenters. The molecule has 130 valence electrons. The topological polar surface area (TPSA) is 85.6 Å². The van der Waals surface area contributed by atoms with Crippen molar-refractivity contribution in [1.29, 1.82) is 0 Å². The SMILES string of the molecule is O=C(OCc1cccc([N+](=O)[O-])c1)C1CCCN(c2ccccn2)C1. The lowest BCUT2D eigenvalue weighted by Gasteiger charge is -2.32. The number of pyridine rings is 1. The minimum absolute atomic E-state index is 0.00691. The van der Waals surface area contributed by atoms with Crippen molar-refractivity contribution >= 4 is 17.5 Å². The molecule has 0 spiro atoms. The fourth-order valence-corrected chi connectivity index (χ4v) is 2.95. The number of nitrogens with zero attached hydrogens (tertiary/aromatic N) is 3. The first-order valence-electron chi connectivity index (χ1n) is 8.19. The zero-order valence-electron chi connectivity index (χ0n) is 13.7. The van der Waals surface area contributed by atoms with Crippen molar-refractivity contribution in [3.05, 3.63) is 64.3 Å². The highest BCUT2D eigenvalue weighted by Crippen LogP contribution is 2.23. The minimum atomic E-state index is -0.461. The number of benzene rings is 1. The van der Waals surface area contributed by atoms with Gasteiger partial charge in [0.05, 0.1) is 10.8 Å². The summed E-state index contributed by atoms with van der Waals surface area (Å²) in [4.78, 5) is 29.1. The number of nitro groups is 1. The highest BCUT2D eigenvalue weighted by Gasteiger charge is 2.27. The van der Waals surface area contributed by atoms with Crippen molar-refractivity contribution in [3.8, 4) is 0 Å². The molecule has 0 bridgehead atoms. The molecule has 1 atom stereocenters. The van der Waals surface area contributed by atoms with Gasteiger partial charge >= 0.3 is 5.97 Å². The molecule has 1 aliphatic rings. The first-order valence-corrected chi connectivity index (χ1v) is 8.19. The lowest BCUT2D eigenvalue weighted by molar-refractivity contribution is -0.384. The Morgan fingerprint density at radius 3 is 2.96 bits per heavy atom.